The SMILES string of the molecule is COc1ccc(Cl)cc1N(CC(=O)N/N=C\c1ccccn1)S(=O)(=O)c1ccccc1. The molecule has 3 aromatic rings. The zero-order valence-corrected chi connectivity index (χ0v) is 18.0. The Bertz CT molecular complexity index is 1170. The Balaban J connectivity index is 1.92. The van der Waals surface area contributed by atoms with Gasteiger partial charge in [-0.15, -0.1) is 0 Å². The lowest BCUT2D eigenvalue weighted by molar-refractivity contribution is -0.119. The average Bonchev–Trinajstić information content (AvgIpc) is 2.78. The molecule has 0 aliphatic rings. The number of amides is 1. The molecule has 0 unspecified atom stereocenters. The number of carbonyl (C=O) groups excluding carboxylic acids is 1. The van der Waals surface area contributed by atoms with Gasteiger partial charge in [-0.3, -0.25) is 14.1 Å². The Kier molecular flexibility index (Phi) is 7.22. The maximum absolute atomic E-state index is 13.3. The van der Waals surface area contributed by atoms with Crippen LogP contribution in [0, 0.1) is 0 Å². The number of ether oxygens (including phenoxy) is 1. The van der Waals surface area contributed by atoms with Gasteiger partial charge in [-0.05, 0) is 42.5 Å². The fourth-order valence-electron chi connectivity index (χ4n) is 2.67. The number of anilines is 1. The van der Waals surface area contributed by atoms with E-state index < -0.39 is 22.5 Å². The van der Waals surface area contributed by atoms with E-state index in [4.69, 9.17) is 16.3 Å². The molecule has 3 rings (SSSR count). The summed E-state index contributed by atoms with van der Waals surface area (Å²) in [4.78, 5) is 16.6. The highest BCUT2D eigenvalue weighted by molar-refractivity contribution is 7.92. The molecule has 31 heavy (non-hydrogen) atoms. The molecule has 0 spiro atoms. The van der Waals surface area contributed by atoms with Gasteiger partial charge in [0.2, 0.25) is 0 Å². The minimum Gasteiger partial charge on any atom is -0.495 e. The van der Waals surface area contributed by atoms with Crippen LogP contribution >= 0.6 is 11.6 Å². The Labute approximate surface area is 185 Å². The van der Waals surface area contributed by atoms with Crippen LogP contribution in [0.25, 0.3) is 0 Å². The molecular weight excluding hydrogens is 440 g/mol. The first kappa shape index (κ1) is 22.3. The summed E-state index contributed by atoms with van der Waals surface area (Å²) in [6, 6.07) is 17.5. The molecule has 1 N–H and O–H groups in total. The lowest BCUT2D eigenvalue weighted by Crippen LogP contribution is -2.39. The van der Waals surface area contributed by atoms with Crippen LogP contribution in [-0.2, 0) is 14.8 Å². The maximum atomic E-state index is 13.3. The summed E-state index contributed by atoms with van der Waals surface area (Å²) in [5.41, 5.74) is 2.98. The fraction of sp³-hybridized carbons (Fsp3) is 0.0952. The zero-order valence-electron chi connectivity index (χ0n) is 16.5. The second-order valence-electron chi connectivity index (χ2n) is 6.19. The van der Waals surface area contributed by atoms with Crippen molar-refractivity contribution < 1.29 is 17.9 Å². The van der Waals surface area contributed by atoms with Crippen LogP contribution in [0.5, 0.6) is 5.75 Å². The molecular formula is C21H19ClN4O4S. The molecule has 0 saturated heterocycles. The van der Waals surface area contributed by atoms with E-state index in [1.54, 1.807) is 48.7 Å². The van der Waals surface area contributed by atoms with Gasteiger partial charge in [-0.1, -0.05) is 35.9 Å². The molecule has 1 heterocycles. The summed E-state index contributed by atoms with van der Waals surface area (Å²) < 4.78 is 32.9. The van der Waals surface area contributed by atoms with Gasteiger partial charge in [0, 0.05) is 11.2 Å². The number of benzene rings is 2. The van der Waals surface area contributed by atoms with E-state index in [1.165, 1.54) is 37.6 Å². The van der Waals surface area contributed by atoms with E-state index in [2.05, 4.69) is 15.5 Å². The first-order valence-electron chi connectivity index (χ1n) is 9.06. The molecule has 0 saturated carbocycles. The molecule has 2 aromatic carbocycles. The standard InChI is InChI=1S/C21H19ClN4O4S/c1-30-20-11-10-16(22)13-19(20)26(31(28,29)18-8-3-2-4-9-18)15-21(27)25-24-14-17-7-5-6-12-23-17/h2-14H,15H2,1H3,(H,25,27)/b24-14-. The molecule has 1 amide bonds. The maximum Gasteiger partial charge on any atom is 0.264 e. The van der Waals surface area contributed by atoms with Gasteiger partial charge in [-0.25, -0.2) is 13.8 Å². The van der Waals surface area contributed by atoms with E-state index in [0.717, 1.165) is 4.31 Å². The number of aromatic nitrogens is 1. The van der Waals surface area contributed by atoms with Crippen LogP contribution in [0.1, 0.15) is 5.69 Å². The highest BCUT2D eigenvalue weighted by atomic mass is 35.5. The molecule has 0 aliphatic carbocycles. The minimum atomic E-state index is -4.11. The lowest BCUT2D eigenvalue weighted by Gasteiger charge is -2.25. The van der Waals surface area contributed by atoms with E-state index >= 15 is 0 Å². The van der Waals surface area contributed by atoms with Crippen molar-refractivity contribution in [3.05, 3.63) is 83.6 Å². The molecule has 10 heteroatoms. The largest absolute Gasteiger partial charge is 0.495 e. The first-order valence-corrected chi connectivity index (χ1v) is 10.9. The van der Waals surface area contributed by atoms with E-state index in [1.807, 2.05) is 0 Å². The van der Waals surface area contributed by atoms with Crippen LogP contribution in [0.3, 0.4) is 0 Å². The summed E-state index contributed by atoms with van der Waals surface area (Å²) in [6.45, 7) is -0.548. The molecule has 0 radical (unpaired) electrons. The third-order valence-corrected chi connectivity index (χ3v) is 6.11. The van der Waals surface area contributed by atoms with Crippen molar-refractivity contribution >= 4 is 39.4 Å². The number of methoxy groups -OCH3 is 1. The third-order valence-electron chi connectivity index (χ3n) is 4.10. The van der Waals surface area contributed by atoms with Gasteiger partial charge in [0.05, 0.1) is 29.6 Å². The summed E-state index contributed by atoms with van der Waals surface area (Å²) in [5, 5.41) is 4.13. The molecule has 0 aliphatic heterocycles. The Hall–Kier alpha value is -3.43. The predicted molar refractivity (Wildman–Crippen MR) is 119 cm³/mol. The van der Waals surface area contributed by atoms with E-state index in [-0.39, 0.29) is 21.4 Å². The summed E-state index contributed by atoms with van der Waals surface area (Å²) >= 11 is 6.09. The van der Waals surface area contributed by atoms with Crippen molar-refractivity contribution in [3.8, 4) is 5.75 Å². The van der Waals surface area contributed by atoms with Crippen molar-refractivity contribution in [2.45, 2.75) is 4.90 Å². The van der Waals surface area contributed by atoms with Gasteiger partial charge in [0.15, 0.2) is 0 Å². The first-order chi connectivity index (χ1) is 14.9. The van der Waals surface area contributed by atoms with Crippen molar-refractivity contribution in [1.82, 2.24) is 10.4 Å². The summed E-state index contributed by atoms with van der Waals surface area (Å²) in [5.74, 6) is -0.414. The van der Waals surface area contributed by atoms with Crippen LogP contribution in [-0.4, -0.2) is 39.2 Å². The van der Waals surface area contributed by atoms with Crippen LogP contribution in [0.15, 0.2) is 82.9 Å². The number of rotatable bonds is 8. The second-order valence-corrected chi connectivity index (χ2v) is 8.49. The Morgan fingerprint density at radius 1 is 1.16 bits per heavy atom. The number of nitrogens with zero attached hydrogens (tertiary/aromatic N) is 3. The number of nitrogens with one attached hydrogen (secondary N) is 1. The second kappa shape index (κ2) is 10.1. The highest BCUT2D eigenvalue weighted by Crippen LogP contribution is 2.34. The van der Waals surface area contributed by atoms with Crippen LogP contribution in [0.2, 0.25) is 5.02 Å². The predicted octanol–water partition coefficient (Wildman–Crippen LogP) is 3.09. The number of pyridine rings is 1. The van der Waals surface area contributed by atoms with Gasteiger partial charge in [0.25, 0.3) is 15.9 Å². The molecule has 0 fully saturated rings. The molecule has 0 bridgehead atoms. The van der Waals surface area contributed by atoms with Crippen LogP contribution in [0.4, 0.5) is 5.69 Å². The van der Waals surface area contributed by atoms with Gasteiger partial charge < -0.3 is 4.74 Å². The number of hydrogen-bond donors (Lipinski definition) is 1. The van der Waals surface area contributed by atoms with Crippen molar-refractivity contribution in [3.63, 3.8) is 0 Å². The van der Waals surface area contributed by atoms with Gasteiger partial charge >= 0.3 is 0 Å². The molecule has 0 atom stereocenters. The molecule has 160 valence electrons. The number of hydrazone groups is 1. The van der Waals surface area contributed by atoms with Gasteiger partial charge in [-0.2, -0.15) is 5.10 Å². The minimum absolute atomic E-state index is 0.0156. The quantitative estimate of drug-likeness (QED) is 0.413. The monoisotopic (exact) mass is 458 g/mol. The topological polar surface area (TPSA) is 101 Å². The number of sulfonamides is 1. The van der Waals surface area contributed by atoms with E-state index in [0.29, 0.717) is 5.69 Å². The third kappa shape index (κ3) is 5.59. The van der Waals surface area contributed by atoms with Crippen molar-refractivity contribution in [2.75, 3.05) is 18.0 Å². The number of halogens is 1. The lowest BCUT2D eigenvalue weighted by atomic mass is 10.3. The Morgan fingerprint density at radius 2 is 1.90 bits per heavy atom. The van der Waals surface area contributed by atoms with Crippen LogP contribution < -0.4 is 14.5 Å². The smallest absolute Gasteiger partial charge is 0.264 e. The number of hydrogen-bond acceptors (Lipinski definition) is 6. The molecule has 8 nitrogen and oxygen atoms in total. The fourth-order valence-corrected chi connectivity index (χ4v) is 4.28. The van der Waals surface area contributed by atoms with Crippen molar-refractivity contribution in [2.24, 2.45) is 5.10 Å². The van der Waals surface area contributed by atoms with Gasteiger partial charge in [0.1, 0.15) is 12.3 Å². The van der Waals surface area contributed by atoms with E-state index in [9.17, 15) is 13.2 Å². The zero-order chi connectivity index (χ0) is 22.3. The molecule has 1 aromatic heterocycles. The average molecular weight is 459 g/mol. The summed E-state index contributed by atoms with van der Waals surface area (Å²) in [6.07, 6.45) is 2.94. The van der Waals surface area contributed by atoms with Crippen molar-refractivity contribution in [1.29, 1.82) is 0 Å². The Morgan fingerprint density at radius 3 is 2.58 bits per heavy atom. The number of carbonyl (C=O) groups is 1. The highest BCUT2D eigenvalue weighted by Gasteiger charge is 2.29. The normalized spacial score (nSPS) is 11.3. The summed E-state index contributed by atoms with van der Waals surface area (Å²) in [7, 11) is -2.71.